The SMILES string of the molecule is COC(=O)C(C)(C)Oc1ccc(CCCc2nn(Cc3ccc(C)c(C)c3)c(=O)n2Cc2ccc(OC)cc2OC)cc1. The van der Waals surface area contributed by atoms with E-state index in [1.54, 1.807) is 37.3 Å². The van der Waals surface area contributed by atoms with Gasteiger partial charge in [0, 0.05) is 18.1 Å². The molecule has 9 nitrogen and oxygen atoms in total. The quantitative estimate of drug-likeness (QED) is 0.197. The van der Waals surface area contributed by atoms with Crippen LogP contribution in [0, 0.1) is 13.8 Å². The summed E-state index contributed by atoms with van der Waals surface area (Å²) in [6.45, 7) is 8.21. The van der Waals surface area contributed by atoms with Crippen LogP contribution in [0.15, 0.2) is 65.5 Å². The van der Waals surface area contributed by atoms with E-state index in [0.29, 0.717) is 42.6 Å². The van der Waals surface area contributed by atoms with Crippen molar-refractivity contribution < 1.29 is 23.7 Å². The molecule has 0 atom stereocenters. The third-order valence-corrected chi connectivity index (χ3v) is 7.56. The molecule has 0 aliphatic heterocycles. The average Bonchev–Trinajstić information content (AvgIpc) is 3.28. The summed E-state index contributed by atoms with van der Waals surface area (Å²) in [5.74, 6) is 2.20. The van der Waals surface area contributed by atoms with E-state index < -0.39 is 11.6 Å². The van der Waals surface area contributed by atoms with Gasteiger partial charge in [-0.15, -0.1) is 0 Å². The fourth-order valence-electron chi connectivity index (χ4n) is 4.92. The number of ether oxygens (including phenoxy) is 4. The van der Waals surface area contributed by atoms with Gasteiger partial charge in [-0.2, -0.15) is 5.10 Å². The minimum atomic E-state index is -1.08. The summed E-state index contributed by atoms with van der Waals surface area (Å²) in [5, 5.41) is 4.79. The van der Waals surface area contributed by atoms with Crippen LogP contribution in [-0.2, 0) is 35.5 Å². The Balaban J connectivity index is 1.54. The lowest BCUT2D eigenvalue weighted by molar-refractivity contribution is -0.156. The molecule has 228 valence electrons. The second-order valence-electron chi connectivity index (χ2n) is 11.1. The number of aryl methyl sites for hydroxylation is 4. The first-order chi connectivity index (χ1) is 20.5. The number of methoxy groups -OCH3 is 3. The molecule has 0 fully saturated rings. The highest BCUT2D eigenvalue weighted by Gasteiger charge is 2.31. The largest absolute Gasteiger partial charge is 0.497 e. The second kappa shape index (κ2) is 13.6. The summed E-state index contributed by atoms with van der Waals surface area (Å²) >= 11 is 0. The Kier molecular flexibility index (Phi) is 9.95. The van der Waals surface area contributed by atoms with E-state index in [0.717, 1.165) is 29.5 Å². The van der Waals surface area contributed by atoms with Crippen LogP contribution in [0.2, 0.25) is 0 Å². The van der Waals surface area contributed by atoms with Crippen LogP contribution in [0.25, 0.3) is 0 Å². The van der Waals surface area contributed by atoms with Crippen molar-refractivity contribution >= 4 is 5.97 Å². The topological polar surface area (TPSA) is 93.8 Å². The molecule has 1 aromatic heterocycles. The van der Waals surface area contributed by atoms with E-state index in [4.69, 9.17) is 24.0 Å². The Morgan fingerprint density at radius 3 is 2.16 bits per heavy atom. The van der Waals surface area contributed by atoms with Gasteiger partial charge in [-0.05, 0) is 87.1 Å². The van der Waals surface area contributed by atoms with Gasteiger partial charge >= 0.3 is 11.7 Å². The van der Waals surface area contributed by atoms with Crippen LogP contribution < -0.4 is 19.9 Å². The molecule has 0 amide bonds. The second-order valence-corrected chi connectivity index (χ2v) is 11.1. The highest BCUT2D eigenvalue weighted by molar-refractivity contribution is 5.78. The molecule has 43 heavy (non-hydrogen) atoms. The molecule has 4 aromatic rings. The van der Waals surface area contributed by atoms with Crippen molar-refractivity contribution in [1.29, 1.82) is 0 Å². The van der Waals surface area contributed by atoms with Gasteiger partial charge in [0.2, 0.25) is 0 Å². The number of carbonyl (C=O) groups is 1. The highest BCUT2D eigenvalue weighted by atomic mass is 16.6. The Bertz CT molecular complexity index is 1620. The van der Waals surface area contributed by atoms with E-state index in [2.05, 4.69) is 26.0 Å². The molecule has 4 rings (SSSR count). The first-order valence-electron chi connectivity index (χ1n) is 14.3. The number of carbonyl (C=O) groups excluding carboxylic acids is 1. The molecule has 0 aliphatic carbocycles. The molecule has 3 aromatic carbocycles. The summed E-state index contributed by atoms with van der Waals surface area (Å²) in [6.07, 6.45) is 2.18. The first-order valence-corrected chi connectivity index (χ1v) is 14.3. The lowest BCUT2D eigenvalue weighted by Gasteiger charge is -2.23. The first kappa shape index (κ1) is 31.4. The zero-order chi connectivity index (χ0) is 31.1. The number of nitrogens with zero attached hydrogens (tertiary/aromatic N) is 3. The summed E-state index contributed by atoms with van der Waals surface area (Å²) in [7, 11) is 4.56. The van der Waals surface area contributed by atoms with Crippen LogP contribution in [0.1, 0.15) is 53.9 Å². The fraction of sp³-hybridized carbons (Fsp3) is 0.382. The van der Waals surface area contributed by atoms with Gasteiger partial charge in [0.25, 0.3) is 0 Å². The molecular weight excluding hydrogens is 546 g/mol. The van der Waals surface area contributed by atoms with Crippen LogP contribution in [0.4, 0.5) is 0 Å². The van der Waals surface area contributed by atoms with E-state index >= 15 is 0 Å². The van der Waals surface area contributed by atoms with Gasteiger partial charge in [0.05, 0.1) is 34.4 Å². The zero-order valence-electron chi connectivity index (χ0n) is 26.1. The predicted octanol–water partition coefficient (Wildman–Crippen LogP) is 5.28. The predicted molar refractivity (Wildman–Crippen MR) is 165 cm³/mol. The maximum absolute atomic E-state index is 13.7. The van der Waals surface area contributed by atoms with Crippen molar-refractivity contribution in [2.45, 2.75) is 65.6 Å². The molecule has 1 heterocycles. The monoisotopic (exact) mass is 587 g/mol. The maximum atomic E-state index is 13.7. The van der Waals surface area contributed by atoms with Crippen molar-refractivity contribution in [3.05, 3.63) is 105 Å². The number of esters is 1. The Morgan fingerprint density at radius 1 is 0.814 bits per heavy atom. The van der Waals surface area contributed by atoms with Crippen molar-refractivity contribution in [3.8, 4) is 17.2 Å². The molecule has 9 heteroatoms. The summed E-state index contributed by atoms with van der Waals surface area (Å²) in [5.41, 5.74) is 4.15. The Labute approximate surface area is 253 Å². The summed E-state index contributed by atoms with van der Waals surface area (Å²) in [6, 6.07) is 19.5. The van der Waals surface area contributed by atoms with Crippen LogP contribution in [0.5, 0.6) is 17.2 Å². The van der Waals surface area contributed by atoms with E-state index in [-0.39, 0.29) is 5.69 Å². The fourth-order valence-corrected chi connectivity index (χ4v) is 4.92. The number of hydrogen-bond acceptors (Lipinski definition) is 7. The van der Waals surface area contributed by atoms with Gasteiger partial charge in [-0.25, -0.2) is 14.3 Å². The molecule has 0 radical (unpaired) electrons. The van der Waals surface area contributed by atoms with Gasteiger partial charge in [0.1, 0.15) is 23.1 Å². The number of rotatable bonds is 13. The average molecular weight is 588 g/mol. The van der Waals surface area contributed by atoms with Crippen LogP contribution in [-0.4, -0.2) is 47.2 Å². The Hall–Kier alpha value is -4.53. The normalized spacial score (nSPS) is 11.3. The van der Waals surface area contributed by atoms with Crippen LogP contribution >= 0.6 is 0 Å². The van der Waals surface area contributed by atoms with Crippen molar-refractivity contribution in [3.63, 3.8) is 0 Å². The van der Waals surface area contributed by atoms with Gasteiger partial charge in [0.15, 0.2) is 5.60 Å². The Morgan fingerprint density at radius 2 is 1.51 bits per heavy atom. The third-order valence-electron chi connectivity index (χ3n) is 7.56. The summed E-state index contributed by atoms with van der Waals surface area (Å²) in [4.78, 5) is 25.6. The molecule has 0 saturated carbocycles. The van der Waals surface area contributed by atoms with E-state index in [9.17, 15) is 9.59 Å². The smallest absolute Gasteiger partial charge is 0.349 e. The summed E-state index contributed by atoms with van der Waals surface area (Å²) < 4.78 is 24.9. The van der Waals surface area contributed by atoms with Crippen molar-refractivity contribution in [2.75, 3.05) is 21.3 Å². The molecule has 0 aliphatic rings. The van der Waals surface area contributed by atoms with Gasteiger partial charge in [-0.1, -0.05) is 30.3 Å². The van der Waals surface area contributed by atoms with E-state index in [1.165, 1.54) is 18.2 Å². The number of benzene rings is 3. The van der Waals surface area contributed by atoms with Gasteiger partial charge < -0.3 is 18.9 Å². The third kappa shape index (κ3) is 7.66. The van der Waals surface area contributed by atoms with E-state index in [1.807, 2.05) is 48.5 Å². The molecule has 0 bridgehead atoms. The highest BCUT2D eigenvalue weighted by Crippen LogP contribution is 2.26. The minimum absolute atomic E-state index is 0.166. The molecule has 0 unspecified atom stereocenters. The number of aromatic nitrogens is 3. The molecule has 0 spiro atoms. The lowest BCUT2D eigenvalue weighted by Crippen LogP contribution is -2.39. The van der Waals surface area contributed by atoms with Gasteiger partial charge in [-0.3, -0.25) is 4.57 Å². The lowest BCUT2D eigenvalue weighted by atomic mass is 10.1. The maximum Gasteiger partial charge on any atom is 0.349 e. The molecule has 0 N–H and O–H groups in total. The zero-order valence-corrected chi connectivity index (χ0v) is 26.1. The minimum Gasteiger partial charge on any atom is -0.497 e. The van der Waals surface area contributed by atoms with Crippen LogP contribution in [0.3, 0.4) is 0 Å². The van der Waals surface area contributed by atoms with Crippen molar-refractivity contribution in [2.24, 2.45) is 0 Å². The van der Waals surface area contributed by atoms with Crippen molar-refractivity contribution in [1.82, 2.24) is 14.3 Å². The molecular formula is C34H41N3O6. The molecule has 0 saturated heterocycles. The standard InChI is InChI=1S/C34H41N3O6/c1-23-11-12-26(19-24(23)2)21-37-33(39)36(22-27-15-18-29(40-5)20-30(27)41-6)31(35-37)10-8-9-25-13-16-28(17-14-25)43-34(3,4)32(38)42-7/h11-20H,8-10,21-22H2,1-7H3. The number of hydrogen-bond donors (Lipinski definition) is 0.